The van der Waals surface area contributed by atoms with E-state index < -0.39 is 18.4 Å². The summed E-state index contributed by atoms with van der Waals surface area (Å²) in [5, 5.41) is 24.0. The minimum absolute atomic E-state index is 0.105. The van der Waals surface area contributed by atoms with Crippen LogP contribution in [-0.4, -0.2) is 45.6 Å². The molecule has 132 valence electrons. The number of carboxylic acids is 1. The third-order valence-corrected chi connectivity index (χ3v) is 3.77. The van der Waals surface area contributed by atoms with Crippen molar-refractivity contribution >= 4 is 28.6 Å². The Balaban J connectivity index is 2.05. The van der Waals surface area contributed by atoms with Crippen molar-refractivity contribution in [2.75, 3.05) is 18.9 Å². The van der Waals surface area contributed by atoms with Crippen molar-refractivity contribution in [2.45, 2.75) is 0 Å². The molecule has 0 fully saturated rings. The van der Waals surface area contributed by atoms with Crippen LogP contribution in [-0.2, 0) is 4.79 Å². The van der Waals surface area contributed by atoms with E-state index in [9.17, 15) is 14.7 Å². The number of nitrogens with one attached hydrogen (secondary N) is 2. The highest BCUT2D eigenvalue weighted by Crippen LogP contribution is 2.27. The van der Waals surface area contributed by atoms with Crippen molar-refractivity contribution in [1.29, 1.82) is 0 Å². The van der Waals surface area contributed by atoms with E-state index in [1.54, 1.807) is 6.07 Å². The van der Waals surface area contributed by atoms with Gasteiger partial charge in [0.2, 0.25) is 0 Å². The normalized spacial score (nSPS) is 10.5. The van der Waals surface area contributed by atoms with Crippen LogP contribution >= 0.6 is 0 Å². The second-order valence-electron chi connectivity index (χ2n) is 5.49. The number of carbonyl (C=O) groups excluding carboxylic acids is 1. The summed E-state index contributed by atoms with van der Waals surface area (Å²) in [6.07, 6.45) is 1.50. The van der Waals surface area contributed by atoms with Crippen molar-refractivity contribution in [2.24, 2.45) is 0 Å². The van der Waals surface area contributed by atoms with Crippen LogP contribution in [0.5, 0.6) is 5.75 Å². The van der Waals surface area contributed by atoms with Crippen molar-refractivity contribution in [1.82, 2.24) is 15.3 Å². The lowest BCUT2D eigenvalue weighted by Crippen LogP contribution is -2.29. The lowest BCUT2D eigenvalue weighted by atomic mass is 10.1. The minimum Gasteiger partial charge on any atom is -0.507 e. The molecule has 0 spiro atoms. The van der Waals surface area contributed by atoms with Gasteiger partial charge in [-0.3, -0.25) is 14.6 Å². The van der Waals surface area contributed by atoms with Gasteiger partial charge in [-0.25, -0.2) is 4.98 Å². The Morgan fingerprint density at radius 1 is 1.19 bits per heavy atom. The van der Waals surface area contributed by atoms with Crippen LogP contribution in [0, 0.1) is 0 Å². The van der Waals surface area contributed by atoms with E-state index in [2.05, 4.69) is 20.6 Å². The largest absolute Gasteiger partial charge is 0.507 e. The van der Waals surface area contributed by atoms with E-state index in [1.807, 2.05) is 31.3 Å². The molecule has 1 aromatic heterocycles. The number of carbonyl (C=O) groups is 2. The second kappa shape index (κ2) is 7.06. The fourth-order valence-corrected chi connectivity index (χ4v) is 2.52. The number of hydrogen-bond donors (Lipinski definition) is 4. The fourth-order valence-electron chi connectivity index (χ4n) is 2.52. The van der Waals surface area contributed by atoms with E-state index >= 15 is 0 Å². The average Bonchev–Trinajstić information content (AvgIpc) is 2.65. The maximum absolute atomic E-state index is 12.2. The molecule has 0 aliphatic heterocycles. The summed E-state index contributed by atoms with van der Waals surface area (Å²) in [5.74, 6) is -2.20. The van der Waals surface area contributed by atoms with E-state index in [1.165, 1.54) is 12.3 Å². The maximum atomic E-state index is 12.2. The number of aromatic nitrogens is 2. The number of fused-ring (bicyclic) bond motifs is 1. The number of carboxylic acid groups (broad SMARTS) is 1. The molecule has 0 saturated carbocycles. The zero-order chi connectivity index (χ0) is 18.7. The van der Waals surface area contributed by atoms with Gasteiger partial charge >= 0.3 is 5.97 Å². The molecular weight excluding hydrogens is 336 g/mol. The number of anilines is 1. The van der Waals surface area contributed by atoms with E-state index in [-0.39, 0.29) is 16.8 Å². The molecule has 0 aliphatic carbocycles. The smallest absolute Gasteiger partial charge is 0.322 e. The molecule has 0 radical (unpaired) electrons. The van der Waals surface area contributed by atoms with Crippen molar-refractivity contribution < 1.29 is 19.8 Å². The molecule has 2 aromatic carbocycles. The monoisotopic (exact) mass is 352 g/mol. The molecule has 0 atom stereocenters. The molecule has 0 bridgehead atoms. The SMILES string of the molecule is CNc1cccc(-c2cnc3c(C(=O)NCC(=O)O)c(O)ccc3n2)c1. The summed E-state index contributed by atoms with van der Waals surface area (Å²) in [4.78, 5) is 31.6. The molecule has 1 heterocycles. The standard InChI is InChI=1S/C18H16N4O4/c1-19-11-4-2-3-10(7-11)13-8-20-17-12(22-13)5-6-14(23)16(17)18(26)21-9-15(24)25/h2-8,19,23H,9H2,1H3,(H,21,26)(H,24,25). The number of aromatic hydroxyl groups is 1. The molecule has 8 nitrogen and oxygen atoms in total. The van der Waals surface area contributed by atoms with Gasteiger partial charge in [-0.05, 0) is 24.3 Å². The first-order valence-electron chi connectivity index (χ1n) is 7.76. The van der Waals surface area contributed by atoms with Gasteiger partial charge in [0.05, 0.1) is 17.4 Å². The third kappa shape index (κ3) is 3.39. The fraction of sp³-hybridized carbons (Fsp3) is 0.111. The summed E-state index contributed by atoms with van der Waals surface area (Å²) < 4.78 is 0. The Labute approximate surface area is 148 Å². The molecule has 0 unspecified atom stereocenters. The van der Waals surface area contributed by atoms with Crippen molar-refractivity contribution in [3.63, 3.8) is 0 Å². The van der Waals surface area contributed by atoms with E-state index in [4.69, 9.17) is 5.11 Å². The Hall–Kier alpha value is -3.68. The number of aliphatic carboxylic acids is 1. The molecule has 4 N–H and O–H groups in total. The first-order valence-corrected chi connectivity index (χ1v) is 7.76. The number of amides is 1. The van der Waals surface area contributed by atoms with Crippen LogP contribution in [0.15, 0.2) is 42.6 Å². The number of rotatable bonds is 5. The van der Waals surface area contributed by atoms with Crippen LogP contribution in [0.3, 0.4) is 0 Å². The Kier molecular flexibility index (Phi) is 4.66. The first kappa shape index (κ1) is 17.2. The lowest BCUT2D eigenvalue weighted by molar-refractivity contribution is -0.135. The lowest BCUT2D eigenvalue weighted by Gasteiger charge is -2.09. The van der Waals surface area contributed by atoms with Crippen LogP contribution in [0.1, 0.15) is 10.4 Å². The van der Waals surface area contributed by atoms with Gasteiger partial charge in [0.25, 0.3) is 5.91 Å². The predicted molar refractivity (Wildman–Crippen MR) is 96.2 cm³/mol. The molecule has 3 rings (SSSR count). The number of nitrogens with zero attached hydrogens (tertiary/aromatic N) is 2. The molecule has 3 aromatic rings. The van der Waals surface area contributed by atoms with Gasteiger partial charge in [0.1, 0.15) is 23.4 Å². The minimum atomic E-state index is -1.18. The van der Waals surface area contributed by atoms with Crippen LogP contribution in [0.2, 0.25) is 0 Å². The van der Waals surface area contributed by atoms with Gasteiger partial charge in [-0.15, -0.1) is 0 Å². The Bertz CT molecular complexity index is 1000. The first-order chi connectivity index (χ1) is 12.5. The highest BCUT2D eigenvalue weighted by Gasteiger charge is 2.18. The van der Waals surface area contributed by atoms with Crippen molar-refractivity contribution in [3.8, 4) is 17.0 Å². The Morgan fingerprint density at radius 2 is 2.00 bits per heavy atom. The molecule has 0 saturated heterocycles. The summed E-state index contributed by atoms with van der Waals surface area (Å²) in [6, 6.07) is 10.5. The van der Waals surface area contributed by atoms with Gasteiger partial charge < -0.3 is 20.8 Å². The van der Waals surface area contributed by atoms with Gasteiger partial charge in [-0.2, -0.15) is 0 Å². The highest BCUT2D eigenvalue weighted by atomic mass is 16.4. The number of phenols is 1. The molecule has 8 heteroatoms. The maximum Gasteiger partial charge on any atom is 0.322 e. The van der Waals surface area contributed by atoms with Crippen LogP contribution in [0.4, 0.5) is 5.69 Å². The number of phenolic OH excluding ortho intramolecular Hbond substituents is 1. The zero-order valence-corrected chi connectivity index (χ0v) is 13.9. The molecule has 1 amide bonds. The van der Waals surface area contributed by atoms with Crippen molar-refractivity contribution in [3.05, 3.63) is 48.2 Å². The molecule has 0 aliphatic rings. The van der Waals surface area contributed by atoms with Crippen LogP contribution < -0.4 is 10.6 Å². The van der Waals surface area contributed by atoms with Crippen LogP contribution in [0.25, 0.3) is 22.3 Å². The van der Waals surface area contributed by atoms with Gasteiger partial charge in [0.15, 0.2) is 0 Å². The third-order valence-electron chi connectivity index (χ3n) is 3.77. The van der Waals surface area contributed by atoms with E-state index in [0.29, 0.717) is 11.2 Å². The topological polar surface area (TPSA) is 124 Å². The predicted octanol–water partition coefficient (Wildman–Crippen LogP) is 1.86. The zero-order valence-electron chi connectivity index (χ0n) is 13.9. The Morgan fingerprint density at radius 3 is 2.73 bits per heavy atom. The summed E-state index contributed by atoms with van der Waals surface area (Å²) in [7, 11) is 1.82. The summed E-state index contributed by atoms with van der Waals surface area (Å²) in [5.41, 5.74) is 2.88. The second-order valence-corrected chi connectivity index (χ2v) is 5.49. The molecule has 26 heavy (non-hydrogen) atoms. The van der Waals surface area contributed by atoms with Gasteiger partial charge in [-0.1, -0.05) is 12.1 Å². The van der Waals surface area contributed by atoms with E-state index in [0.717, 1.165) is 11.3 Å². The molecular formula is C18H16N4O4. The summed E-state index contributed by atoms with van der Waals surface area (Å²) >= 11 is 0. The number of hydrogen-bond acceptors (Lipinski definition) is 6. The number of benzene rings is 2. The quantitative estimate of drug-likeness (QED) is 0.552. The highest BCUT2D eigenvalue weighted by molar-refractivity contribution is 6.08. The average molecular weight is 352 g/mol. The summed E-state index contributed by atoms with van der Waals surface area (Å²) in [6.45, 7) is -0.559. The van der Waals surface area contributed by atoms with Gasteiger partial charge in [0, 0.05) is 18.3 Å².